The van der Waals surface area contributed by atoms with Gasteiger partial charge in [-0.2, -0.15) is 0 Å². The third-order valence-corrected chi connectivity index (χ3v) is 7.83. The summed E-state index contributed by atoms with van der Waals surface area (Å²) in [5, 5.41) is 7.15. The molecule has 2 aliphatic heterocycles. The van der Waals surface area contributed by atoms with Gasteiger partial charge in [-0.3, -0.25) is 9.79 Å². The van der Waals surface area contributed by atoms with Gasteiger partial charge in [-0.25, -0.2) is 8.42 Å². The molecule has 6 nitrogen and oxygen atoms in total. The van der Waals surface area contributed by atoms with Crippen LogP contribution in [-0.2, 0) is 9.84 Å². The highest BCUT2D eigenvalue weighted by Crippen LogP contribution is 2.35. The molecule has 1 fully saturated rings. The highest BCUT2D eigenvalue weighted by Gasteiger charge is 2.42. The molecule has 0 bridgehead atoms. The highest BCUT2D eigenvalue weighted by molar-refractivity contribution is 8.15. The quantitative estimate of drug-likeness (QED) is 0.697. The van der Waals surface area contributed by atoms with Crippen molar-refractivity contribution in [3.63, 3.8) is 0 Å². The molecule has 0 aliphatic carbocycles. The number of thioether (sulfide) groups is 1. The molecular weight excluding hydrogens is 394 g/mol. The Morgan fingerprint density at radius 3 is 2.88 bits per heavy atom. The minimum Gasteiger partial charge on any atom is -0.352 e. The first kappa shape index (κ1) is 19.5. The molecule has 1 aromatic rings. The number of anilines is 1. The predicted octanol–water partition coefficient (Wildman–Crippen LogP) is 2.94. The van der Waals surface area contributed by atoms with E-state index in [1.54, 1.807) is 18.2 Å². The fraction of sp³-hybridized carbons (Fsp3) is 0.529. The zero-order valence-electron chi connectivity index (χ0n) is 14.5. The van der Waals surface area contributed by atoms with Crippen molar-refractivity contribution in [1.29, 1.82) is 0 Å². The number of carbonyl (C=O) groups is 1. The van der Waals surface area contributed by atoms with E-state index in [1.165, 1.54) is 11.8 Å². The zero-order valence-corrected chi connectivity index (χ0v) is 16.9. The van der Waals surface area contributed by atoms with Crippen molar-refractivity contribution in [2.24, 2.45) is 4.99 Å². The Kier molecular flexibility index (Phi) is 6.14. The minimum atomic E-state index is -2.98. The summed E-state index contributed by atoms with van der Waals surface area (Å²) in [4.78, 5) is 16.7. The van der Waals surface area contributed by atoms with Crippen molar-refractivity contribution in [3.05, 3.63) is 28.8 Å². The summed E-state index contributed by atoms with van der Waals surface area (Å²) >= 11 is 7.66. The number of hydrogen-bond donors (Lipinski definition) is 2. The van der Waals surface area contributed by atoms with Crippen LogP contribution < -0.4 is 10.6 Å². The normalized spacial score (nSPS) is 23.4. The Bertz CT molecular complexity index is 827. The summed E-state index contributed by atoms with van der Waals surface area (Å²) in [7, 11) is -2.98. The van der Waals surface area contributed by atoms with Crippen LogP contribution in [0.2, 0.25) is 5.02 Å². The number of carbonyl (C=O) groups excluding carboxylic acids is 1. The molecule has 2 N–H and O–H groups in total. The van der Waals surface area contributed by atoms with Gasteiger partial charge in [-0.15, -0.1) is 0 Å². The largest absolute Gasteiger partial charge is 0.352 e. The summed E-state index contributed by atoms with van der Waals surface area (Å²) in [6.07, 6.45) is 3.15. The second kappa shape index (κ2) is 8.19. The number of aliphatic imine (C=N–C) groups is 1. The topological polar surface area (TPSA) is 87.6 Å². The van der Waals surface area contributed by atoms with Crippen molar-refractivity contribution >= 4 is 50.0 Å². The van der Waals surface area contributed by atoms with Crippen LogP contribution in [0.1, 0.15) is 36.5 Å². The molecule has 0 aromatic heterocycles. The maximum absolute atomic E-state index is 12.3. The first-order valence-electron chi connectivity index (χ1n) is 8.67. The molecule has 2 atom stereocenters. The van der Waals surface area contributed by atoms with Gasteiger partial charge in [0, 0.05) is 17.4 Å². The number of unbranched alkanes of at least 4 members (excludes halogenated alkanes) is 2. The Balaban J connectivity index is 1.65. The number of amides is 1. The molecule has 1 aromatic carbocycles. The molecule has 0 radical (unpaired) electrons. The average molecular weight is 416 g/mol. The van der Waals surface area contributed by atoms with Crippen LogP contribution in [0.5, 0.6) is 0 Å². The van der Waals surface area contributed by atoms with Gasteiger partial charge in [0.05, 0.1) is 28.3 Å². The van der Waals surface area contributed by atoms with E-state index < -0.39 is 9.84 Å². The Morgan fingerprint density at radius 1 is 1.35 bits per heavy atom. The lowest BCUT2D eigenvalue weighted by Crippen LogP contribution is -2.24. The van der Waals surface area contributed by atoms with Crippen molar-refractivity contribution in [1.82, 2.24) is 5.32 Å². The van der Waals surface area contributed by atoms with E-state index in [0.717, 1.165) is 19.3 Å². The third kappa shape index (κ3) is 4.72. The maximum atomic E-state index is 12.3. The molecule has 1 amide bonds. The Labute approximate surface area is 163 Å². The molecule has 26 heavy (non-hydrogen) atoms. The lowest BCUT2D eigenvalue weighted by atomic mass is 10.2. The summed E-state index contributed by atoms with van der Waals surface area (Å²) in [5.41, 5.74) is 1.13. The van der Waals surface area contributed by atoms with E-state index in [0.29, 0.717) is 28.0 Å². The number of amidine groups is 1. The molecule has 3 rings (SSSR count). The van der Waals surface area contributed by atoms with Gasteiger partial charge < -0.3 is 10.6 Å². The molecule has 1 saturated heterocycles. The SMILES string of the molecule is CCCCCNC(=O)c1ccc(Cl)c(NC2=N[C@H]3CS(=O)(=O)C[C@H]3S2)c1. The molecule has 0 unspecified atom stereocenters. The van der Waals surface area contributed by atoms with Gasteiger partial charge in [0.25, 0.3) is 5.91 Å². The predicted molar refractivity (Wildman–Crippen MR) is 108 cm³/mol. The van der Waals surface area contributed by atoms with Gasteiger partial charge >= 0.3 is 0 Å². The number of benzene rings is 1. The first-order valence-corrected chi connectivity index (χ1v) is 11.8. The lowest BCUT2D eigenvalue weighted by molar-refractivity contribution is 0.0953. The number of nitrogens with one attached hydrogen (secondary N) is 2. The van der Waals surface area contributed by atoms with E-state index in [4.69, 9.17) is 11.6 Å². The molecule has 9 heteroatoms. The molecule has 0 saturated carbocycles. The average Bonchev–Trinajstić information content (AvgIpc) is 3.06. The third-order valence-electron chi connectivity index (χ3n) is 4.35. The molecule has 2 aliphatic rings. The fourth-order valence-electron chi connectivity index (χ4n) is 2.97. The number of halogens is 1. The number of rotatable bonds is 6. The number of fused-ring (bicyclic) bond motifs is 1. The van der Waals surface area contributed by atoms with E-state index >= 15 is 0 Å². The van der Waals surface area contributed by atoms with E-state index in [1.807, 2.05) is 0 Å². The highest BCUT2D eigenvalue weighted by atomic mass is 35.5. The van der Waals surface area contributed by atoms with Gasteiger partial charge in [0.2, 0.25) is 0 Å². The van der Waals surface area contributed by atoms with Gasteiger partial charge in [0.15, 0.2) is 15.0 Å². The van der Waals surface area contributed by atoms with Gasteiger partial charge in [-0.05, 0) is 24.6 Å². The van der Waals surface area contributed by atoms with Gasteiger partial charge in [-0.1, -0.05) is 43.1 Å². The summed E-state index contributed by atoms with van der Waals surface area (Å²) in [6.45, 7) is 2.77. The van der Waals surface area contributed by atoms with Crippen molar-refractivity contribution in [2.75, 3.05) is 23.4 Å². The van der Waals surface area contributed by atoms with Crippen molar-refractivity contribution in [3.8, 4) is 0 Å². The molecule has 0 spiro atoms. The Morgan fingerprint density at radius 2 is 2.15 bits per heavy atom. The second-order valence-corrected chi connectivity index (χ2v) is 10.3. The molecular formula is C17H22ClN3O3S2. The van der Waals surface area contributed by atoms with E-state index in [-0.39, 0.29) is 28.7 Å². The number of nitrogens with zero attached hydrogens (tertiary/aromatic N) is 1. The van der Waals surface area contributed by atoms with Crippen molar-refractivity contribution < 1.29 is 13.2 Å². The molecule has 2 heterocycles. The Hall–Kier alpha value is -1.25. The van der Waals surface area contributed by atoms with Crippen LogP contribution in [0.15, 0.2) is 23.2 Å². The zero-order chi connectivity index (χ0) is 18.7. The lowest BCUT2D eigenvalue weighted by Gasteiger charge is -2.11. The summed E-state index contributed by atoms with van der Waals surface area (Å²) < 4.78 is 23.3. The van der Waals surface area contributed by atoms with Crippen LogP contribution in [0.25, 0.3) is 0 Å². The maximum Gasteiger partial charge on any atom is 0.251 e. The smallest absolute Gasteiger partial charge is 0.251 e. The number of sulfone groups is 1. The summed E-state index contributed by atoms with van der Waals surface area (Å²) in [6, 6.07) is 4.87. The standard InChI is InChI=1S/C17H22ClN3O3S2/c1-2-3-4-7-19-16(22)11-5-6-12(18)13(8-11)20-17-21-14-9-26(23,24)10-15(14)25-17/h5-6,8,14-15H,2-4,7,9-10H2,1H3,(H,19,22)(H,20,21)/t14-,15+/m0/s1. The molecule has 142 valence electrons. The fourth-order valence-corrected chi connectivity index (χ4v) is 6.81. The van der Waals surface area contributed by atoms with Crippen LogP contribution >= 0.6 is 23.4 Å². The minimum absolute atomic E-state index is 0.0358. The first-order chi connectivity index (χ1) is 12.4. The van der Waals surface area contributed by atoms with E-state index in [2.05, 4.69) is 22.5 Å². The van der Waals surface area contributed by atoms with Crippen LogP contribution in [-0.4, -0.2) is 48.8 Å². The van der Waals surface area contributed by atoms with Crippen molar-refractivity contribution in [2.45, 2.75) is 37.5 Å². The monoisotopic (exact) mass is 415 g/mol. The van der Waals surface area contributed by atoms with E-state index in [9.17, 15) is 13.2 Å². The van der Waals surface area contributed by atoms with Crippen LogP contribution in [0.4, 0.5) is 5.69 Å². The van der Waals surface area contributed by atoms with Crippen LogP contribution in [0, 0.1) is 0 Å². The second-order valence-electron chi connectivity index (χ2n) is 6.52. The van der Waals surface area contributed by atoms with Crippen LogP contribution in [0.3, 0.4) is 0 Å². The summed E-state index contributed by atoms with van der Waals surface area (Å²) in [5.74, 6) is 0.124. The van der Waals surface area contributed by atoms with Gasteiger partial charge in [0.1, 0.15) is 0 Å². The number of hydrogen-bond acceptors (Lipinski definition) is 6.